The predicted molar refractivity (Wildman–Crippen MR) is 70.7 cm³/mol. The van der Waals surface area contributed by atoms with E-state index < -0.39 is 0 Å². The summed E-state index contributed by atoms with van der Waals surface area (Å²) >= 11 is 4.44. The third kappa shape index (κ3) is 83.1. The van der Waals surface area contributed by atoms with Crippen molar-refractivity contribution in [1.29, 1.82) is 0 Å². The minimum atomic E-state index is 0.0556. The summed E-state index contributed by atoms with van der Waals surface area (Å²) in [5, 5.41) is 28.9. The van der Waals surface area contributed by atoms with Gasteiger partial charge in [-0.2, -0.15) is 0 Å². The minimum absolute atomic E-state index is 0.0556. The summed E-state index contributed by atoms with van der Waals surface area (Å²) in [6.07, 6.45) is 0. The van der Waals surface area contributed by atoms with Crippen LogP contribution in [0.15, 0.2) is 0 Å². The van der Waals surface area contributed by atoms with Crippen molar-refractivity contribution in [2.24, 2.45) is 17.8 Å². The molecule has 0 N–H and O–H groups in total. The number of halogens is 1. The summed E-state index contributed by atoms with van der Waals surface area (Å²) in [4.78, 5) is 0. The Bertz CT molecular complexity index is 82.7. The van der Waals surface area contributed by atoms with E-state index in [1.165, 1.54) is 0 Å². The average Bonchev–Trinajstić information content (AvgIpc) is 2.32. The van der Waals surface area contributed by atoms with Crippen LogP contribution in [-0.4, -0.2) is 29.4 Å². The second-order valence-electron chi connectivity index (χ2n) is 4.68. The fourth-order valence-corrected chi connectivity index (χ4v) is 0. The zero-order chi connectivity index (χ0) is 14.9. The summed E-state index contributed by atoms with van der Waals surface area (Å²) < 4.78 is 0. The van der Waals surface area contributed by atoms with Crippen molar-refractivity contribution in [1.82, 2.24) is 0 Å². The fourth-order valence-electron chi connectivity index (χ4n) is 0. The van der Waals surface area contributed by atoms with Gasteiger partial charge in [-0.25, -0.2) is 0 Å². The van der Waals surface area contributed by atoms with Gasteiger partial charge in [0.05, 0.1) is 0 Å². The van der Waals surface area contributed by atoms with Crippen molar-refractivity contribution in [2.75, 3.05) is 19.8 Å². The summed E-state index contributed by atoms with van der Waals surface area (Å²) in [7, 11) is 2.44. The first kappa shape index (κ1) is 26.1. The van der Waals surface area contributed by atoms with E-state index in [0.29, 0.717) is 17.8 Å². The van der Waals surface area contributed by atoms with Gasteiger partial charge < -0.3 is 15.3 Å². The SMILES string of the molecule is CC(C)C[O-].CC(C)C[O-].CC(C)C[O-].[Si+3]Cl. The molecule has 0 atom stereocenters. The molecule has 0 saturated heterocycles. The van der Waals surface area contributed by atoms with E-state index in [1.807, 2.05) is 41.5 Å². The van der Waals surface area contributed by atoms with Crippen molar-refractivity contribution >= 4 is 20.6 Å². The molecule has 0 aromatic heterocycles. The molecular formula is C12H27ClO3Si. The van der Waals surface area contributed by atoms with Gasteiger partial charge in [0, 0.05) is 0 Å². The number of hydrogen-bond donors (Lipinski definition) is 0. The molecule has 0 amide bonds. The molecule has 0 fully saturated rings. The van der Waals surface area contributed by atoms with Crippen LogP contribution in [0.4, 0.5) is 0 Å². The van der Waals surface area contributed by atoms with Gasteiger partial charge in [-0.1, -0.05) is 59.3 Å². The maximum atomic E-state index is 9.63. The summed E-state index contributed by atoms with van der Waals surface area (Å²) in [6, 6.07) is 0. The normalized spacial score (nSPS) is 8.88. The van der Waals surface area contributed by atoms with Crippen molar-refractivity contribution in [3.63, 3.8) is 0 Å². The Morgan fingerprint density at radius 1 is 0.647 bits per heavy atom. The van der Waals surface area contributed by atoms with E-state index in [1.54, 1.807) is 0 Å². The van der Waals surface area contributed by atoms with Gasteiger partial charge in [0.15, 0.2) is 0 Å². The molecule has 0 saturated carbocycles. The fraction of sp³-hybridized carbons (Fsp3) is 1.00. The first-order valence-electron chi connectivity index (χ1n) is 5.74. The first-order chi connectivity index (χ1) is 7.81. The summed E-state index contributed by atoms with van der Waals surface area (Å²) in [5.74, 6) is 0.986. The Morgan fingerprint density at radius 3 is 0.706 bits per heavy atom. The molecular weight excluding hydrogens is 256 g/mol. The van der Waals surface area contributed by atoms with E-state index in [9.17, 15) is 15.3 Å². The van der Waals surface area contributed by atoms with Crippen LogP contribution < -0.4 is 15.3 Å². The average molecular weight is 283 g/mol. The Kier molecular flexibility index (Phi) is 38.8. The predicted octanol–water partition coefficient (Wildman–Crippen LogP) is 0.317. The van der Waals surface area contributed by atoms with Crippen LogP contribution >= 0.6 is 11.1 Å². The molecule has 0 aliphatic rings. The van der Waals surface area contributed by atoms with Gasteiger partial charge in [-0.3, -0.25) is 0 Å². The van der Waals surface area contributed by atoms with Crippen molar-refractivity contribution in [3.05, 3.63) is 0 Å². The van der Waals surface area contributed by atoms with Gasteiger partial charge in [-0.05, 0) is 0 Å². The van der Waals surface area contributed by atoms with Crippen LogP contribution in [0.25, 0.3) is 0 Å². The second kappa shape index (κ2) is 25.3. The van der Waals surface area contributed by atoms with Gasteiger partial charge in [-0.15, -0.1) is 19.8 Å². The molecule has 104 valence electrons. The molecule has 0 aromatic rings. The Morgan fingerprint density at radius 2 is 0.706 bits per heavy atom. The van der Waals surface area contributed by atoms with E-state index in [4.69, 9.17) is 0 Å². The molecule has 0 rings (SSSR count). The molecule has 0 bridgehead atoms. The van der Waals surface area contributed by atoms with Gasteiger partial charge >= 0.3 is 20.6 Å². The van der Waals surface area contributed by atoms with Gasteiger partial charge in [0.2, 0.25) is 0 Å². The molecule has 0 spiro atoms. The Labute approximate surface area is 115 Å². The Balaban J connectivity index is -0.0000000693. The van der Waals surface area contributed by atoms with Gasteiger partial charge in [0.25, 0.3) is 0 Å². The standard InChI is InChI=1S/3C4H9O.ClSi/c3*1-4(2)3-5;1-2/h3*4H,3H2,1-2H3;/q3*-1;+3. The van der Waals surface area contributed by atoms with Crippen LogP contribution in [0.5, 0.6) is 0 Å². The van der Waals surface area contributed by atoms with Gasteiger partial charge in [0.1, 0.15) is 0 Å². The molecule has 0 radical (unpaired) electrons. The van der Waals surface area contributed by atoms with Crippen LogP contribution in [0.2, 0.25) is 0 Å². The molecule has 0 aliphatic carbocycles. The quantitative estimate of drug-likeness (QED) is 0.553. The van der Waals surface area contributed by atoms with E-state index in [-0.39, 0.29) is 19.8 Å². The second-order valence-corrected chi connectivity index (χ2v) is 4.68. The molecule has 3 nitrogen and oxygen atoms in total. The number of hydrogen-bond acceptors (Lipinski definition) is 3. The van der Waals surface area contributed by atoms with Crippen LogP contribution in [0.1, 0.15) is 41.5 Å². The monoisotopic (exact) mass is 282 g/mol. The molecule has 0 aromatic carbocycles. The topological polar surface area (TPSA) is 69.2 Å². The first-order valence-corrected chi connectivity index (χ1v) is 7.26. The zero-order valence-electron chi connectivity index (χ0n) is 12.0. The summed E-state index contributed by atoms with van der Waals surface area (Å²) in [6.45, 7) is 11.6. The molecule has 5 heteroatoms. The van der Waals surface area contributed by atoms with Crippen molar-refractivity contribution in [3.8, 4) is 0 Å². The molecule has 0 heterocycles. The van der Waals surface area contributed by atoms with Crippen molar-refractivity contribution in [2.45, 2.75) is 41.5 Å². The molecule has 17 heavy (non-hydrogen) atoms. The van der Waals surface area contributed by atoms with Crippen LogP contribution in [-0.2, 0) is 0 Å². The van der Waals surface area contributed by atoms with Crippen LogP contribution in [0.3, 0.4) is 0 Å². The van der Waals surface area contributed by atoms with Crippen LogP contribution in [0, 0.1) is 17.8 Å². The third-order valence-electron chi connectivity index (χ3n) is 1.00. The molecule has 0 unspecified atom stereocenters. The maximum absolute atomic E-state index is 9.63. The van der Waals surface area contributed by atoms with Crippen molar-refractivity contribution < 1.29 is 15.3 Å². The zero-order valence-corrected chi connectivity index (χ0v) is 13.7. The van der Waals surface area contributed by atoms with E-state index in [0.717, 1.165) is 0 Å². The number of rotatable bonds is 3. The molecule has 0 aliphatic heterocycles. The van der Waals surface area contributed by atoms with E-state index >= 15 is 0 Å². The Hall–Kier alpha value is 0.387. The van der Waals surface area contributed by atoms with E-state index in [2.05, 4.69) is 20.6 Å². The summed E-state index contributed by atoms with van der Waals surface area (Å²) in [5.41, 5.74) is 0. The third-order valence-corrected chi connectivity index (χ3v) is 1.00.